The van der Waals surface area contributed by atoms with E-state index >= 15 is 0 Å². The summed E-state index contributed by atoms with van der Waals surface area (Å²) in [5, 5.41) is 0. The molecule has 2 aromatic heterocycles. The molecule has 0 radical (unpaired) electrons. The van der Waals surface area contributed by atoms with Crippen LogP contribution < -0.4 is 5.73 Å². The van der Waals surface area contributed by atoms with Gasteiger partial charge in [0.15, 0.2) is 0 Å². The molecule has 12 heteroatoms. The Morgan fingerprint density at radius 3 is 2.32 bits per heavy atom. The number of rotatable bonds is 9. The van der Waals surface area contributed by atoms with Crippen LogP contribution in [0.2, 0.25) is 0 Å². The van der Waals surface area contributed by atoms with Gasteiger partial charge in [-0.3, -0.25) is 24.5 Å². The fourth-order valence-electron chi connectivity index (χ4n) is 5.76. The van der Waals surface area contributed by atoms with Gasteiger partial charge in [0.2, 0.25) is 17.8 Å². The van der Waals surface area contributed by atoms with Crippen LogP contribution in [0.5, 0.6) is 0 Å². The summed E-state index contributed by atoms with van der Waals surface area (Å²) in [5.41, 5.74) is 8.33. The van der Waals surface area contributed by atoms with Crippen LogP contribution in [0.4, 0.5) is 5.95 Å². The Morgan fingerprint density at radius 2 is 1.63 bits per heavy atom. The highest BCUT2D eigenvalue weighted by Gasteiger charge is 2.32. The highest BCUT2D eigenvalue weighted by atomic mass is 16.5. The number of carbonyl (C=O) groups is 2. The number of morpholine rings is 1. The van der Waals surface area contributed by atoms with Crippen LogP contribution in [0.1, 0.15) is 36.9 Å². The number of anilines is 1. The Labute approximate surface area is 240 Å². The summed E-state index contributed by atoms with van der Waals surface area (Å²) in [7, 11) is 0. The number of carbonyl (C=O) groups excluding carboxylic acids is 2. The van der Waals surface area contributed by atoms with Crippen LogP contribution in [0.3, 0.4) is 0 Å². The maximum Gasteiger partial charge on any atom is 0.248 e. The van der Waals surface area contributed by atoms with E-state index in [4.69, 9.17) is 20.2 Å². The molecule has 0 spiro atoms. The molecule has 220 valence electrons. The third kappa shape index (κ3) is 8.05. The van der Waals surface area contributed by atoms with Gasteiger partial charge in [-0.15, -0.1) is 0 Å². The second-order valence-corrected chi connectivity index (χ2v) is 10.8. The summed E-state index contributed by atoms with van der Waals surface area (Å²) in [6.07, 6.45) is 8.66. The van der Waals surface area contributed by atoms with Crippen molar-refractivity contribution in [1.29, 1.82) is 0 Å². The third-order valence-electron chi connectivity index (χ3n) is 8.10. The lowest BCUT2D eigenvalue weighted by Crippen LogP contribution is -2.46. The van der Waals surface area contributed by atoms with Crippen LogP contribution in [0, 0.1) is 11.8 Å². The number of nitrogens with zero attached hydrogens (tertiary/aromatic N) is 7. The largest absolute Gasteiger partial charge is 0.378 e. The predicted molar refractivity (Wildman–Crippen MR) is 153 cm³/mol. The lowest BCUT2D eigenvalue weighted by molar-refractivity contribution is -0.140. The molecule has 3 aliphatic rings. The molecule has 0 unspecified atom stereocenters. The Bertz CT molecular complexity index is 1160. The normalized spacial score (nSPS) is 19.9. The summed E-state index contributed by atoms with van der Waals surface area (Å²) in [5.74, 6) is 0.743. The molecule has 3 fully saturated rings. The standard InChI is InChI=1S/C29H40N8O4/c30-29-32-17-22(18-33-29)19-35-9-4-24(5-10-35)28(39)37-11-6-23(7-12-37)27(25-3-1-2-8-31-25)34-21-41-20-26(38)36-13-15-40-16-14-36/h1-3,8,17-18,23-24H,4-7,9-16,19-21H2,(H2,30,32,33)/b34-27-. The SMILES string of the molecule is Nc1ncc(CN2CCC(C(=O)N3CCC(/C(=N/COCC(=O)N4CCOCC4)c4ccccn4)CC3)CC2)cn1. The van der Waals surface area contributed by atoms with Gasteiger partial charge < -0.3 is 25.0 Å². The summed E-state index contributed by atoms with van der Waals surface area (Å²) in [6.45, 7) is 6.35. The van der Waals surface area contributed by atoms with Crippen molar-refractivity contribution < 1.29 is 19.1 Å². The summed E-state index contributed by atoms with van der Waals surface area (Å²) in [4.78, 5) is 49.3. The summed E-state index contributed by atoms with van der Waals surface area (Å²) in [6, 6.07) is 5.79. The Morgan fingerprint density at radius 1 is 0.927 bits per heavy atom. The zero-order chi connectivity index (χ0) is 28.4. The third-order valence-corrected chi connectivity index (χ3v) is 8.10. The van der Waals surface area contributed by atoms with Gasteiger partial charge in [0.05, 0.1) is 24.6 Å². The molecular weight excluding hydrogens is 524 g/mol. The molecule has 12 nitrogen and oxygen atoms in total. The Hall–Kier alpha value is -3.48. The van der Waals surface area contributed by atoms with Crippen LogP contribution in [0.15, 0.2) is 41.8 Å². The zero-order valence-corrected chi connectivity index (χ0v) is 23.6. The van der Waals surface area contributed by atoms with Gasteiger partial charge in [0, 0.05) is 68.7 Å². The van der Waals surface area contributed by atoms with Gasteiger partial charge >= 0.3 is 0 Å². The second kappa shape index (κ2) is 14.4. The van der Waals surface area contributed by atoms with Crippen LogP contribution in [-0.2, 0) is 25.6 Å². The van der Waals surface area contributed by atoms with Crippen molar-refractivity contribution >= 4 is 23.5 Å². The molecule has 0 saturated carbocycles. The fraction of sp³-hybridized carbons (Fsp3) is 0.586. The molecule has 41 heavy (non-hydrogen) atoms. The Balaban J connectivity index is 1.10. The molecule has 0 aliphatic carbocycles. The Kier molecular flexibility index (Phi) is 10.2. The zero-order valence-electron chi connectivity index (χ0n) is 23.6. The number of pyridine rings is 1. The van der Waals surface area contributed by atoms with Gasteiger partial charge in [0.1, 0.15) is 13.3 Å². The van der Waals surface area contributed by atoms with Crippen LogP contribution >= 0.6 is 0 Å². The van der Waals surface area contributed by atoms with Crippen LogP contribution in [0.25, 0.3) is 0 Å². The number of hydrogen-bond donors (Lipinski definition) is 1. The molecule has 2 aromatic rings. The summed E-state index contributed by atoms with van der Waals surface area (Å²) < 4.78 is 11.0. The number of likely N-dealkylation sites (tertiary alicyclic amines) is 2. The van der Waals surface area contributed by atoms with Crippen molar-refractivity contribution in [2.24, 2.45) is 16.8 Å². The molecule has 3 saturated heterocycles. The van der Waals surface area contributed by atoms with Gasteiger partial charge in [-0.25, -0.2) is 9.97 Å². The minimum absolute atomic E-state index is 0.00147. The summed E-state index contributed by atoms with van der Waals surface area (Å²) >= 11 is 0. The van der Waals surface area contributed by atoms with Crippen LogP contribution in [-0.4, -0.2) is 113 Å². The minimum Gasteiger partial charge on any atom is -0.378 e. The van der Waals surface area contributed by atoms with E-state index in [0.29, 0.717) is 39.4 Å². The first kappa shape index (κ1) is 29.0. The number of amides is 2. The molecule has 0 atom stereocenters. The number of piperidine rings is 2. The quantitative estimate of drug-likeness (QED) is 0.352. The van der Waals surface area contributed by atoms with E-state index in [0.717, 1.165) is 62.3 Å². The molecule has 3 aliphatic heterocycles. The first-order valence-corrected chi connectivity index (χ1v) is 14.5. The van der Waals surface area contributed by atoms with E-state index in [1.165, 1.54) is 0 Å². The average Bonchev–Trinajstić information content (AvgIpc) is 3.03. The van der Waals surface area contributed by atoms with E-state index in [9.17, 15) is 9.59 Å². The second-order valence-electron chi connectivity index (χ2n) is 10.8. The molecule has 2 N–H and O–H groups in total. The van der Waals surface area contributed by atoms with E-state index in [-0.39, 0.29) is 42.9 Å². The molecular formula is C29H40N8O4. The lowest BCUT2D eigenvalue weighted by Gasteiger charge is -2.37. The van der Waals surface area contributed by atoms with Crippen molar-refractivity contribution in [1.82, 2.24) is 29.7 Å². The predicted octanol–water partition coefficient (Wildman–Crippen LogP) is 1.23. The minimum atomic E-state index is -0.0418. The van der Waals surface area contributed by atoms with E-state index in [1.54, 1.807) is 23.5 Å². The smallest absolute Gasteiger partial charge is 0.248 e. The van der Waals surface area contributed by atoms with E-state index < -0.39 is 0 Å². The monoisotopic (exact) mass is 564 g/mol. The van der Waals surface area contributed by atoms with Gasteiger partial charge in [-0.05, 0) is 50.9 Å². The number of ether oxygens (including phenoxy) is 2. The van der Waals surface area contributed by atoms with E-state index in [1.807, 2.05) is 23.1 Å². The molecule has 5 rings (SSSR count). The first-order valence-electron chi connectivity index (χ1n) is 14.5. The lowest BCUT2D eigenvalue weighted by atomic mass is 9.88. The maximum absolute atomic E-state index is 13.4. The number of aliphatic imine (C=N–C) groups is 1. The van der Waals surface area contributed by atoms with Crippen molar-refractivity contribution in [2.75, 3.05) is 71.6 Å². The van der Waals surface area contributed by atoms with E-state index in [2.05, 4.69) is 19.9 Å². The molecule has 5 heterocycles. The molecule has 0 bridgehead atoms. The van der Waals surface area contributed by atoms with Gasteiger partial charge in [0.25, 0.3) is 0 Å². The number of aromatic nitrogens is 3. The number of nitrogens with two attached hydrogens (primary N) is 1. The van der Waals surface area contributed by atoms with Crippen molar-refractivity contribution in [3.63, 3.8) is 0 Å². The number of hydrogen-bond acceptors (Lipinski definition) is 10. The maximum atomic E-state index is 13.4. The highest BCUT2D eigenvalue weighted by molar-refractivity contribution is 6.00. The first-order chi connectivity index (χ1) is 20.1. The topological polar surface area (TPSA) is 139 Å². The van der Waals surface area contributed by atoms with Gasteiger partial charge in [-0.2, -0.15) is 0 Å². The average molecular weight is 565 g/mol. The molecule has 0 aromatic carbocycles. The number of nitrogen functional groups attached to an aromatic ring is 1. The van der Waals surface area contributed by atoms with Crippen molar-refractivity contribution in [3.8, 4) is 0 Å². The fourth-order valence-corrected chi connectivity index (χ4v) is 5.76. The van der Waals surface area contributed by atoms with Crippen molar-refractivity contribution in [3.05, 3.63) is 48.0 Å². The highest BCUT2D eigenvalue weighted by Crippen LogP contribution is 2.26. The molecule has 2 amide bonds. The van der Waals surface area contributed by atoms with Gasteiger partial charge in [-0.1, -0.05) is 6.07 Å². The van der Waals surface area contributed by atoms with Crippen molar-refractivity contribution in [2.45, 2.75) is 32.2 Å².